The maximum absolute atomic E-state index is 12.3. The van der Waals surface area contributed by atoms with Gasteiger partial charge in [-0.15, -0.1) is 0 Å². The first kappa shape index (κ1) is 18.3. The first-order valence-corrected chi connectivity index (χ1v) is 9.65. The van der Waals surface area contributed by atoms with Gasteiger partial charge in [0, 0.05) is 13.2 Å². The number of benzene rings is 2. The first-order valence-electron chi connectivity index (χ1n) is 8.89. The van der Waals surface area contributed by atoms with Gasteiger partial charge in [-0.2, -0.15) is 0 Å². The van der Waals surface area contributed by atoms with Crippen molar-refractivity contribution in [3.8, 4) is 0 Å². The van der Waals surface area contributed by atoms with Crippen LogP contribution >= 0.6 is 23.2 Å². The average Bonchev–Trinajstić information content (AvgIpc) is 3.32. The summed E-state index contributed by atoms with van der Waals surface area (Å²) in [5, 5.41) is 4.00. The summed E-state index contributed by atoms with van der Waals surface area (Å²) in [7, 11) is 0. The Bertz CT molecular complexity index is 981. The van der Waals surface area contributed by atoms with Gasteiger partial charge in [-0.05, 0) is 42.7 Å². The predicted molar refractivity (Wildman–Crippen MR) is 106 cm³/mol. The number of carbonyl (C=O) groups is 1. The minimum atomic E-state index is -0.349. The molecule has 1 fully saturated rings. The molecule has 1 saturated heterocycles. The number of ether oxygens (including phenoxy) is 1. The molecule has 140 valence electrons. The second-order valence-electron chi connectivity index (χ2n) is 6.57. The van der Waals surface area contributed by atoms with Crippen molar-refractivity contribution < 1.29 is 9.53 Å². The lowest BCUT2D eigenvalue weighted by Gasteiger charge is -2.13. The number of fused-ring (bicyclic) bond motifs is 1. The third-order valence-electron chi connectivity index (χ3n) is 4.70. The van der Waals surface area contributed by atoms with Crippen LogP contribution in [0.1, 0.15) is 24.2 Å². The summed E-state index contributed by atoms with van der Waals surface area (Å²) in [5.41, 5.74) is 2.91. The van der Waals surface area contributed by atoms with Gasteiger partial charge in [-0.1, -0.05) is 41.4 Å². The first-order chi connectivity index (χ1) is 13.1. The van der Waals surface area contributed by atoms with E-state index < -0.39 is 0 Å². The van der Waals surface area contributed by atoms with Crippen molar-refractivity contribution in [3.05, 3.63) is 63.9 Å². The normalized spacial score (nSPS) is 16.7. The molecule has 7 heteroatoms. The van der Waals surface area contributed by atoms with E-state index in [4.69, 9.17) is 32.9 Å². The summed E-state index contributed by atoms with van der Waals surface area (Å²) in [4.78, 5) is 17.0. The van der Waals surface area contributed by atoms with Crippen LogP contribution in [0.15, 0.2) is 42.5 Å². The molecule has 1 aromatic heterocycles. The van der Waals surface area contributed by atoms with Crippen molar-refractivity contribution in [1.82, 2.24) is 14.9 Å². The summed E-state index contributed by atoms with van der Waals surface area (Å²) in [6.07, 6.45) is 1.34. The van der Waals surface area contributed by atoms with Gasteiger partial charge in [0.15, 0.2) is 0 Å². The lowest BCUT2D eigenvalue weighted by atomic mass is 10.2. The SMILES string of the molecule is O=C(NCc1nc2ccccc2n1Cc1ccc(Cl)c(Cl)c1)C1CCCO1. The van der Waals surface area contributed by atoms with Crippen LogP contribution in [0.2, 0.25) is 10.0 Å². The van der Waals surface area contributed by atoms with Gasteiger partial charge in [0.25, 0.3) is 0 Å². The Balaban J connectivity index is 1.60. The van der Waals surface area contributed by atoms with Crippen molar-refractivity contribution >= 4 is 40.1 Å². The number of nitrogens with one attached hydrogen (secondary N) is 1. The van der Waals surface area contributed by atoms with E-state index in [-0.39, 0.29) is 12.0 Å². The summed E-state index contributed by atoms with van der Waals surface area (Å²) in [6, 6.07) is 13.5. The van der Waals surface area contributed by atoms with Crippen LogP contribution < -0.4 is 5.32 Å². The van der Waals surface area contributed by atoms with Crippen molar-refractivity contribution in [2.24, 2.45) is 0 Å². The van der Waals surface area contributed by atoms with Crippen molar-refractivity contribution in [2.45, 2.75) is 32.0 Å². The van der Waals surface area contributed by atoms with E-state index in [1.807, 2.05) is 36.4 Å². The van der Waals surface area contributed by atoms with E-state index in [2.05, 4.69) is 9.88 Å². The molecule has 1 amide bonds. The van der Waals surface area contributed by atoms with E-state index >= 15 is 0 Å². The minimum absolute atomic E-state index is 0.0827. The highest BCUT2D eigenvalue weighted by atomic mass is 35.5. The van der Waals surface area contributed by atoms with Crippen LogP contribution in [-0.4, -0.2) is 28.2 Å². The van der Waals surface area contributed by atoms with Gasteiger partial charge in [0.1, 0.15) is 11.9 Å². The Labute approximate surface area is 167 Å². The Morgan fingerprint density at radius 1 is 1.22 bits per heavy atom. The molecule has 2 aromatic carbocycles. The highest BCUT2D eigenvalue weighted by Crippen LogP contribution is 2.24. The van der Waals surface area contributed by atoms with Crippen molar-refractivity contribution in [2.75, 3.05) is 6.61 Å². The van der Waals surface area contributed by atoms with Gasteiger partial charge in [-0.3, -0.25) is 4.79 Å². The molecule has 3 aromatic rings. The number of hydrogen-bond acceptors (Lipinski definition) is 3. The smallest absolute Gasteiger partial charge is 0.249 e. The molecule has 2 heterocycles. The Morgan fingerprint density at radius 3 is 2.85 bits per heavy atom. The summed E-state index contributed by atoms with van der Waals surface area (Å²) < 4.78 is 7.53. The van der Waals surface area contributed by atoms with Crippen LogP contribution in [-0.2, 0) is 22.6 Å². The fraction of sp³-hybridized carbons (Fsp3) is 0.300. The van der Waals surface area contributed by atoms with Crippen LogP contribution in [0.3, 0.4) is 0 Å². The third kappa shape index (κ3) is 3.95. The fourth-order valence-corrected chi connectivity index (χ4v) is 3.64. The Kier molecular flexibility index (Phi) is 5.34. The zero-order chi connectivity index (χ0) is 18.8. The van der Waals surface area contributed by atoms with Gasteiger partial charge < -0.3 is 14.6 Å². The van der Waals surface area contributed by atoms with Gasteiger partial charge in [0.2, 0.25) is 5.91 Å². The van der Waals surface area contributed by atoms with Crippen LogP contribution in [0.4, 0.5) is 0 Å². The molecular formula is C20H19Cl2N3O2. The zero-order valence-electron chi connectivity index (χ0n) is 14.6. The molecular weight excluding hydrogens is 385 g/mol. The molecule has 1 unspecified atom stereocenters. The average molecular weight is 404 g/mol. The van der Waals surface area contributed by atoms with Crippen molar-refractivity contribution in [3.63, 3.8) is 0 Å². The quantitative estimate of drug-likeness (QED) is 0.694. The highest BCUT2D eigenvalue weighted by Gasteiger charge is 2.23. The number of rotatable bonds is 5. The number of nitrogens with zero attached hydrogens (tertiary/aromatic N) is 2. The Morgan fingerprint density at radius 2 is 2.07 bits per heavy atom. The molecule has 0 spiro atoms. The highest BCUT2D eigenvalue weighted by molar-refractivity contribution is 6.42. The summed E-state index contributed by atoms with van der Waals surface area (Å²) >= 11 is 12.2. The van der Waals surface area contributed by atoms with Crippen LogP contribution in [0.5, 0.6) is 0 Å². The fourth-order valence-electron chi connectivity index (χ4n) is 3.32. The number of amides is 1. The standard InChI is InChI=1S/C20H19Cl2N3O2/c21-14-8-7-13(10-15(14)22)12-25-17-5-2-1-4-16(17)24-19(25)11-23-20(26)18-6-3-9-27-18/h1-2,4-5,7-8,10,18H,3,6,9,11-12H2,(H,23,26). The number of para-hydroxylation sites is 2. The second kappa shape index (κ2) is 7.89. The lowest BCUT2D eigenvalue weighted by Crippen LogP contribution is -2.34. The number of aromatic nitrogens is 2. The molecule has 1 N–H and O–H groups in total. The topological polar surface area (TPSA) is 56.2 Å². The summed E-state index contributed by atoms with van der Waals surface area (Å²) in [6.45, 7) is 1.57. The second-order valence-corrected chi connectivity index (χ2v) is 7.39. The molecule has 0 saturated carbocycles. The minimum Gasteiger partial charge on any atom is -0.368 e. The van der Waals surface area contributed by atoms with E-state index in [1.54, 1.807) is 6.07 Å². The van der Waals surface area contributed by atoms with E-state index in [0.29, 0.717) is 29.7 Å². The number of halogens is 2. The maximum Gasteiger partial charge on any atom is 0.249 e. The molecule has 5 nitrogen and oxygen atoms in total. The molecule has 1 aliphatic heterocycles. The third-order valence-corrected chi connectivity index (χ3v) is 5.44. The van der Waals surface area contributed by atoms with Crippen LogP contribution in [0, 0.1) is 0 Å². The zero-order valence-corrected chi connectivity index (χ0v) is 16.1. The van der Waals surface area contributed by atoms with Crippen LogP contribution in [0.25, 0.3) is 11.0 Å². The molecule has 1 atom stereocenters. The van der Waals surface area contributed by atoms with E-state index in [9.17, 15) is 4.79 Å². The number of hydrogen-bond donors (Lipinski definition) is 1. The Hall–Kier alpha value is -2.08. The molecule has 0 aliphatic carbocycles. The molecule has 0 bridgehead atoms. The van der Waals surface area contributed by atoms with E-state index in [1.165, 1.54) is 0 Å². The molecule has 1 aliphatic rings. The number of imidazole rings is 1. The van der Waals surface area contributed by atoms with E-state index in [0.717, 1.165) is 35.3 Å². The monoisotopic (exact) mass is 403 g/mol. The lowest BCUT2D eigenvalue weighted by molar-refractivity contribution is -0.130. The van der Waals surface area contributed by atoms with Crippen molar-refractivity contribution in [1.29, 1.82) is 0 Å². The molecule has 4 rings (SSSR count). The van der Waals surface area contributed by atoms with Gasteiger partial charge in [0.05, 0.1) is 27.6 Å². The number of carbonyl (C=O) groups excluding carboxylic acids is 1. The van der Waals surface area contributed by atoms with Gasteiger partial charge >= 0.3 is 0 Å². The largest absolute Gasteiger partial charge is 0.368 e. The molecule has 0 radical (unpaired) electrons. The predicted octanol–water partition coefficient (Wildman–Crippen LogP) is 4.19. The van der Waals surface area contributed by atoms with Gasteiger partial charge in [-0.25, -0.2) is 4.98 Å². The molecule has 27 heavy (non-hydrogen) atoms. The summed E-state index contributed by atoms with van der Waals surface area (Å²) in [5.74, 6) is 0.703. The maximum atomic E-state index is 12.3.